The predicted molar refractivity (Wildman–Crippen MR) is 109 cm³/mol. The summed E-state index contributed by atoms with van der Waals surface area (Å²) in [7, 11) is 0. The first kappa shape index (κ1) is 21.5. The van der Waals surface area contributed by atoms with Crippen LogP contribution in [-0.4, -0.2) is 66.0 Å². The van der Waals surface area contributed by atoms with E-state index in [1.165, 1.54) is 0 Å². The van der Waals surface area contributed by atoms with Gasteiger partial charge in [-0.05, 0) is 45.2 Å². The zero-order valence-corrected chi connectivity index (χ0v) is 17.1. The van der Waals surface area contributed by atoms with Crippen molar-refractivity contribution < 1.29 is 4.79 Å². The number of carbonyl (C=O) groups excluding carboxylic acids is 1. The van der Waals surface area contributed by atoms with Gasteiger partial charge in [-0.2, -0.15) is 5.26 Å². The number of carbonyl (C=O) groups is 1. The minimum absolute atomic E-state index is 0. The largest absolute Gasteiger partial charge is 0.370 e. The first-order valence-corrected chi connectivity index (χ1v) is 9.72. The Morgan fingerprint density at radius 2 is 1.89 bits per heavy atom. The Bertz CT molecular complexity index is 649. The molecule has 6 nitrogen and oxygen atoms in total. The number of piperidine rings is 1. The van der Waals surface area contributed by atoms with Gasteiger partial charge in [0, 0.05) is 51.2 Å². The van der Waals surface area contributed by atoms with Crippen molar-refractivity contribution in [1.29, 1.82) is 5.26 Å². The molecule has 2 fully saturated rings. The molecule has 1 aromatic heterocycles. The molecule has 0 spiro atoms. The highest BCUT2D eigenvalue weighted by molar-refractivity contribution is 5.85. The fourth-order valence-electron chi connectivity index (χ4n) is 3.96. The van der Waals surface area contributed by atoms with E-state index in [1.54, 1.807) is 12.3 Å². The van der Waals surface area contributed by atoms with Crippen LogP contribution in [0.15, 0.2) is 18.3 Å². The number of rotatable bonds is 3. The number of halogens is 1. The van der Waals surface area contributed by atoms with Crippen LogP contribution in [0, 0.1) is 17.2 Å². The summed E-state index contributed by atoms with van der Waals surface area (Å²) in [6.07, 6.45) is 4.61. The smallest absolute Gasteiger partial charge is 0.225 e. The van der Waals surface area contributed by atoms with E-state index >= 15 is 0 Å². The van der Waals surface area contributed by atoms with Gasteiger partial charge in [-0.1, -0.05) is 0 Å². The first-order chi connectivity index (χ1) is 12.6. The lowest BCUT2D eigenvalue weighted by Crippen LogP contribution is -2.44. The summed E-state index contributed by atoms with van der Waals surface area (Å²) in [5.41, 5.74) is 1.48. The van der Waals surface area contributed by atoms with Crippen LogP contribution in [0.4, 0.5) is 5.69 Å². The summed E-state index contributed by atoms with van der Waals surface area (Å²) in [6.45, 7) is 10.0. The molecule has 7 heteroatoms. The third-order valence-corrected chi connectivity index (χ3v) is 5.64. The van der Waals surface area contributed by atoms with E-state index in [0.717, 1.165) is 64.2 Å². The van der Waals surface area contributed by atoms with E-state index in [9.17, 15) is 4.79 Å². The molecule has 3 rings (SSSR count). The normalized spacial score (nSPS) is 19.3. The van der Waals surface area contributed by atoms with E-state index in [0.29, 0.717) is 17.6 Å². The van der Waals surface area contributed by atoms with Crippen molar-refractivity contribution in [3.05, 3.63) is 24.0 Å². The van der Waals surface area contributed by atoms with Crippen molar-refractivity contribution in [2.45, 2.75) is 39.2 Å². The van der Waals surface area contributed by atoms with Crippen LogP contribution in [-0.2, 0) is 4.79 Å². The van der Waals surface area contributed by atoms with Gasteiger partial charge < -0.3 is 9.80 Å². The molecule has 2 aliphatic rings. The second-order valence-electron chi connectivity index (χ2n) is 7.58. The molecule has 0 bridgehead atoms. The maximum absolute atomic E-state index is 12.9. The van der Waals surface area contributed by atoms with Gasteiger partial charge in [0.1, 0.15) is 11.8 Å². The number of hydrogen-bond acceptors (Lipinski definition) is 5. The Morgan fingerprint density at radius 3 is 2.48 bits per heavy atom. The molecule has 0 saturated carbocycles. The van der Waals surface area contributed by atoms with Crippen molar-refractivity contribution >= 4 is 24.0 Å². The molecule has 1 aromatic rings. The molecule has 1 amide bonds. The van der Waals surface area contributed by atoms with E-state index in [4.69, 9.17) is 5.26 Å². The Balaban J connectivity index is 0.00000261. The molecule has 148 valence electrons. The average molecular weight is 392 g/mol. The van der Waals surface area contributed by atoms with Gasteiger partial charge in [-0.25, -0.2) is 4.98 Å². The lowest BCUT2D eigenvalue weighted by Gasteiger charge is -2.35. The quantitative estimate of drug-likeness (QED) is 0.792. The average Bonchev–Trinajstić information content (AvgIpc) is 2.94. The molecule has 0 N–H and O–H groups in total. The van der Waals surface area contributed by atoms with E-state index in [-0.39, 0.29) is 18.3 Å². The second-order valence-corrected chi connectivity index (χ2v) is 7.58. The number of hydrogen-bond donors (Lipinski definition) is 0. The fraction of sp³-hybridized carbons (Fsp3) is 0.650. The van der Waals surface area contributed by atoms with Crippen LogP contribution in [0.25, 0.3) is 0 Å². The summed E-state index contributed by atoms with van der Waals surface area (Å²) in [5, 5.41) is 8.85. The molecular formula is C20H30ClN5O. The number of aromatic nitrogens is 1. The first-order valence-electron chi connectivity index (χ1n) is 9.72. The number of anilines is 1. The summed E-state index contributed by atoms with van der Waals surface area (Å²) in [6, 6.07) is 6.30. The molecule has 0 atom stereocenters. The monoisotopic (exact) mass is 391 g/mol. The van der Waals surface area contributed by atoms with Gasteiger partial charge in [-0.15, -0.1) is 12.4 Å². The number of nitrogens with zero attached hydrogens (tertiary/aromatic N) is 5. The zero-order valence-electron chi connectivity index (χ0n) is 16.3. The van der Waals surface area contributed by atoms with Gasteiger partial charge >= 0.3 is 0 Å². The highest BCUT2D eigenvalue weighted by Crippen LogP contribution is 2.25. The molecule has 0 aliphatic carbocycles. The van der Waals surface area contributed by atoms with E-state index in [2.05, 4.69) is 33.5 Å². The third-order valence-electron chi connectivity index (χ3n) is 5.64. The number of pyridine rings is 1. The SMILES string of the molecule is CC(C)N1CCCN(C(=O)C2CCN(c3ccc(C#N)nc3)CC2)CC1.Cl. The summed E-state index contributed by atoms with van der Waals surface area (Å²) in [5.74, 6) is 0.483. The number of amides is 1. The molecule has 2 aliphatic heterocycles. The van der Waals surface area contributed by atoms with E-state index in [1.807, 2.05) is 12.1 Å². The standard InChI is InChI=1S/C20H29N5O.ClH/c1-16(2)23-8-3-9-25(13-12-23)20(26)17-6-10-24(11-7-17)19-5-4-18(14-21)22-15-19;/h4-5,15-17H,3,6-13H2,1-2H3;1H. The van der Waals surface area contributed by atoms with Gasteiger partial charge in [0.25, 0.3) is 0 Å². The molecular weight excluding hydrogens is 362 g/mol. The Kier molecular flexibility index (Phi) is 7.88. The topological polar surface area (TPSA) is 63.5 Å². The Morgan fingerprint density at radius 1 is 1.15 bits per heavy atom. The maximum atomic E-state index is 12.9. The zero-order chi connectivity index (χ0) is 18.5. The van der Waals surface area contributed by atoms with Crippen LogP contribution in [0.3, 0.4) is 0 Å². The van der Waals surface area contributed by atoms with Crippen LogP contribution in [0.5, 0.6) is 0 Å². The molecule has 0 unspecified atom stereocenters. The molecule has 2 saturated heterocycles. The summed E-state index contributed by atoms with van der Waals surface area (Å²) >= 11 is 0. The molecule has 27 heavy (non-hydrogen) atoms. The predicted octanol–water partition coefficient (Wildman–Crippen LogP) is 2.53. The molecule has 0 aromatic carbocycles. The van der Waals surface area contributed by atoms with Crippen LogP contribution in [0.1, 0.15) is 38.8 Å². The maximum Gasteiger partial charge on any atom is 0.225 e. The lowest BCUT2D eigenvalue weighted by molar-refractivity contribution is -0.136. The molecule has 0 radical (unpaired) electrons. The van der Waals surface area contributed by atoms with Crippen molar-refractivity contribution in [1.82, 2.24) is 14.8 Å². The van der Waals surface area contributed by atoms with Gasteiger partial charge in [0.15, 0.2) is 0 Å². The summed E-state index contributed by atoms with van der Waals surface area (Å²) < 4.78 is 0. The fourth-order valence-corrected chi connectivity index (χ4v) is 3.96. The minimum atomic E-state index is 0. The summed E-state index contributed by atoms with van der Waals surface area (Å²) in [4.78, 5) is 23.9. The third kappa shape index (κ3) is 5.33. The van der Waals surface area contributed by atoms with Crippen molar-refractivity contribution in [2.75, 3.05) is 44.2 Å². The van der Waals surface area contributed by atoms with Crippen LogP contribution >= 0.6 is 12.4 Å². The Hall–Kier alpha value is -1.84. The van der Waals surface area contributed by atoms with Crippen molar-refractivity contribution in [3.8, 4) is 6.07 Å². The lowest BCUT2D eigenvalue weighted by atomic mass is 9.95. The van der Waals surface area contributed by atoms with Gasteiger partial charge in [-0.3, -0.25) is 9.69 Å². The highest BCUT2D eigenvalue weighted by atomic mass is 35.5. The highest BCUT2D eigenvalue weighted by Gasteiger charge is 2.30. The van der Waals surface area contributed by atoms with Crippen molar-refractivity contribution in [2.24, 2.45) is 5.92 Å². The minimum Gasteiger partial charge on any atom is -0.370 e. The second kappa shape index (κ2) is 9.91. The Labute approximate surface area is 168 Å². The van der Waals surface area contributed by atoms with Crippen molar-refractivity contribution in [3.63, 3.8) is 0 Å². The number of nitriles is 1. The van der Waals surface area contributed by atoms with Gasteiger partial charge in [0.2, 0.25) is 5.91 Å². The van der Waals surface area contributed by atoms with Crippen LogP contribution in [0.2, 0.25) is 0 Å². The molecule has 3 heterocycles. The van der Waals surface area contributed by atoms with E-state index < -0.39 is 0 Å². The van der Waals surface area contributed by atoms with Crippen LogP contribution < -0.4 is 4.90 Å². The van der Waals surface area contributed by atoms with Gasteiger partial charge in [0.05, 0.1) is 11.9 Å².